The molecule has 1 aromatic carbocycles. The summed E-state index contributed by atoms with van der Waals surface area (Å²) in [7, 11) is 1.55. The standard InChI is InChI=1S/C18H22N4O3/c1-18(11-19,12-7-8-12)21-16(23)10-22-9-15(17(24)20-2)25-14-6-4-3-5-13(14)22/h3-6,12,15H,7-10H2,1-2H3,(H,20,24)(H,21,23)/t15-,18-/m1/s1. The van der Waals surface area contributed by atoms with Gasteiger partial charge in [0.15, 0.2) is 6.10 Å². The molecule has 1 heterocycles. The van der Waals surface area contributed by atoms with Gasteiger partial charge in [-0.1, -0.05) is 12.1 Å². The van der Waals surface area contributed by atoms with Gasteiger partial charge < -0.3 is 20.3 Å². The molecule has 3 rings (SSSR count). The van der Waals surface area contributed by atoms with Gasteiger partial charge in [0.05, 0.1) is 24.8 Å². The summed E-state index contributed by atoms with van der Waals surface area (Å²) >= 11 is 0. The van der Waals surface area contributed by atoms with Gasteiger partial charge in [-0.2, -0.15) is 5.26 Å². The number of amides is 2. The van der Waals surface area contributed by atoms with Crippen molar-refractivity contribution in [2.45, 2.75) is 31.4 Å². The average molecular weight is 342 g/mol. The Bertz CT molecular complexity index is 725. The van der Waals surface area contributed by atoms with Gasteiger partial charge in [-0.25, -0.2) is 0 Å². The zero-order valence-electron chi connectivity index (χ0n) is 14.4. The number of para-hydroxylation sites is 2. The van der Waals surface area contributed by atoms with Gasteiger partial charge >= 0.3 is 0 Å². The number of hydrogen-bond donors (Lipinski definition) is 2. The fourth-order valence-electron chi connectivity index (χ4n) is 3.14. The SMILES string of the molecule is CNC(=O)[C@H]1CN(CC(=O)N[C@](C)(C#N)C2CC2)c2ccccc2O1. The highest BCUT2D eigenvalue weighted by atomic mass is 16.5. The molecule has 0 bridgehead atoms. The van der Waals surface area contributed by atoms with E-state index in [1.165, 1.54) is 0 Å². The number of anilines is 1. The predicted octanol–water partition coefficient (Wildman–Crippen LogP) is 0.808. The van der Waals surface area contributed by atoms with Gasteiger partial charge in [0.2, 0.25) is 5.91 Å². The zero-order valence-corrected chi connectivity index (χ0v) is 14.4. The number of benzene rings is 1. The molecule has 1 saturated carbocycles. The second-order valence-corrected chi connectivity index (χ2v) is 6.71. The van der Waals surface area contributed by atoms with Crippen LogP contribution in [0.4, 0.5) is 5.69 Å². The Morgan fingerprint density at radius 3 is 2.76 bits per heavy atom. The first-order chi connectivity index (χ1) is 12.0. The summed E-state index contributed by atoms with van der Waals surface area (Å²) in [6.07, 6.45) is 1.24. The third kappa shape index (κ3) is 3.53. The zero-order chi connectivity index (χ0) is 18.0. The predicted molar refractivity (Wildman–Crippen MR) is 92.0 cm³/mol. The number of ether oxygens (including phenoxy) is 1. The van der Waals surface area contributed by atoms with Crippen molar-refractivity contribution in [1.29, 1.82) is 5.26 Å². The highest BCUT2D eigenvalue weighted by molar-refractivity contribution is 5.86. The molecule has 0 unspecified atom stereocenters. The Labute approximate surface area is 146 Å². The Hall–Kier alpha value is -2.75. The summed E-state index contributed by atoms with van der Waals surface area (Å²) in [6.45, 7) is 2.11. The first kappa shape index (κ1) is 17.1. The van der Waals surface area contributed by atoms with E-state index in [-0.39, 0.29) is 30.8 Å². The van der Waals surface area contributed by atoms with E-state index >= 15 is 0 Å². The monoisotopic (exact) mass is 342 g/mol. The van der Waals surface area contributed by atoms with Crippen LogP contribution in [0, 0.1) is 17.2 Å². The number of carbonyl (C=O) groups is 2. The molecule has 0 saturated heterocycles. The van der Waals surface area contributed by atoms with E-state index in [2.05, 4.69) is 16.7 Å². The van der Waals surface area contributed by atoms with E-state index in [0.717, 1.165) is 18.5 Å². The maximum absolute atomic E-state index is 12.5. The van der Waals surface area contributed by atoms with Crippen LogP contribution in [-0.4, -0.2) is 43.6 Å². The van der Waals surface area contributed by atoms with Crippen molar-refractivity contribution >= 4 is 17.5 Å². The first-order valence-corrected chi connectivity index (χ1v) is 8.41. The minimum atomic E-state index is -0.830. The van der Waals surface area contributed by atoms with Crippen LogP contribution < -0.4 is 20.3 Å². The number of carbonyl (C=O) groups excluding carboxylic acids is 2. The summed E-state index contributed by atoms with van der Waals surface area (Å²) < 4.78 is 5.73. The lowest BCUT2D eigenvalue weighted by Crippen LogP contribution is -2.54. The van der Waals surface area contributed by atoms with Gasteiger partial charge in [0, 0.05) is 7.05 Å². The second-order valence-electron chi connectivity index (χ2n) is 6.71. The molecule has 132 valence electrons. The van der Waals surface area contributed by atoms with Crippen LogP contribution >= 0.6 is 0 Å². The second kappa shape index (κ2) is 6.63. The summed E-state index contributed by atoms with van der Waals surface area (Å²) in [5, 5.41) is 14.8. The highest BCUT2D eigenvalue weighted by Crippen LogP contribution is 2.39. The molecule has 1 aliphatic heterocycles. The molecule has 1 fully saturated rings. The van der Waals surface area contributed by atoms with Crippen molar-refractivity contribution < 1.29 is 14.3 Å². The van der Waals surface area contributed by atoms with Crippen molar-refractivity contribution in [3.05, 3.63) is 24.3 Å². The number of likely N-dealkylation sites (N-methyl/N-ethyl adjacent to an activating group) is 1. The number of rotatable bonds is 5. The van der Waals surface area contributed by atoms with Crippen molar-refractivity contribution in [2.75, 3.05) is 25.0 Å². The molecule has 0 aromatic heterocycles. The molecule has 0 radical (unpaired) electrons. The molecular formula is C18H22N4O3. The summed E-state index contributed by atoms with van der Waals surface area (Å²) in [6, 6.07) is 9.54. The number of fused-ring (bicyclic) bond motifs is 1. The van der Waals surface area contributed by atoms with Crippen LogP contribution in [-0.2, 0) is 9.59 Å². The van der Waals surface area contributed by atoms with Crippen LogP contribution in [0.3, 0.4) is 0 Å². The van der Waals surface area contributed by atoms with Crippen LogP contribution in [0.15, 0.2) is 24.3 Å². The smallest absolute Gasteiger partial charge is 0.262 e. The average Bonchev–Trinajstić information content (AvgIpc) is 3.46. The minimum Gasteiger partial charge on any atom is -0.477 e. The summed E-state index contributed by atoms with van der Waals surface area (Å²) in [5.74, 6) is 0.320. The fraction of sp³-hybridized carbons (Fsp3) is 0.500. The minimum absolute atomic E-state index is 0.0673. The lowest BCUT2D eigenvalue weighted by atomic mass is 9.98. The Morgan fingerprint density at radius 1 is 1.40 bits per heavy atom. The van der Waals surface area contributed by atoms with E-state index in [4.69, 9.17) is 4.74 Å². The normalized spacial score (nSPS) is 21.2. The van der Waals surface area contributed by atoms with E-state index in [9.17, 15) is 14.9 Å². The molecule has 7 nitrogen and oxygen atoms in total. The van der Waals surface area contributed by atoms with Gasteiger partial charge in [-0.15, -0.1) is 0 Å². The van der Waals surface area contributed by atoms with Crippen LogP contribution in [0.5, 0.6) is 5.75 Å². The molecule has 1 aliphatic carbocycles. The highest BCUT2D eigenvalue weighted by Gasteiger charge is 2.43. The maximum Gasteiger partial charge on any atom is 0.262 e. The topological polar surface area (TPSA) is 94.5 Å². The molecule has 25 heavy (non-hydrogen) atoms. The molecule has 0 spiro atoms. The number of nitriles is 1. The fourth-order valence-corrected chi connectivity index (χ4v) is 3.14. The summed E-state index contributed by atoms with van der Waals surface area (Å²) in [4.78, 5) is 26.3. The van der Waals surface area contributed by atoms with Crippen molar-refractivity contribution in [1.82, 2.24) is 10.6 Å². The quantitative estimate of drug-likeness (QED) is 0.826. The number of nitrogens with one attached hydrogen (secondary N) is 2. The molecule has 1 aromatic rings. The van der Waals surface area contributed by atoms with Crippen LogP contribution in [0.2, 0.25) is 0 Å². The van der Waals surface area contributed by atoms with E-state index in [1.807, 2.05) is 23.1 Å². The molecular weight excluding hydrogens is 320 g/mol. The van der Waals surface area contributed by atoms with E-state index in [0.29, 0.717) is 5.75 Å². The Kier molecular flexibility index (Phi) is 4.53. The Balaban J connectivity index is 1.75. The van der Waals surface area contributed by atoms with Gasteiger partial charge in [0.25, 0.3) is 5.91 Å². The van der Waals surface area contributed by atoms with Gasteiger partial charge in [0.1, 0.15) is 11.3 Å². The molecule has 2 aliphatic rings. The molecule has 2 amide bonds. The molecule has 2 N–H and O–H groups in total. The summed E-state index contributed by atoms with van der Waals surface area (Å²) in [5.41, 5.74) is -0.0637. The largest absolute Gasteiger partial charge is 0.477 e. The van der Waals surface area contributed by atoms with Gasteiger partial charge in [-0.3, -0.25) is 9.59 Å². The molecule has 7 heteroatoms. The lowest BCUT2D eigenvalue weighted by Gasteiger charge is -2.35. The Morgan fingerprint density at radius 2 is 2.12 bits per heavy atom. The number of hydrogen-bond acceptors (Lipinski definition) is 5. The van der Waals surface area contributed by atoms with Gasteiger partial charge in [-0.05, 0) is 37.8 Å². The lowest BCUT2D eigenvalue weighted by molar-refractivity contribution is -0.128. The molecule has 2 atom stereocenters. The van der Waals surface area contributed by atoms with E-state index in [1.54, 1.807) is 20.0 Å². The van der Waals surface area contributed by atoms with Crippen molar-refractivity contribution in [2.24, 2.45) is 5.92 Å². The maximum atomic E-state index is 12.5. The van der Waals surface area contributed by atoms with Crippen molar-refractivity contribution in [3.63, 3.8) is 0 Å². The third-order valence-corrected chi connectivity index (χ3v) is 4.76. The van der Waals surface area contributed by atoms with E-state index < -0.39 is 11.6 Å². The van der Waals surface area contributed by atoms with Crippen molar-refractivity contribution in [3.8, 4) is 11.8 Å². The third-order valence-electron chi connectivity index (χ3n) is 4.76. The first-order valence-electron chi connectivity index (χ1n) is 8.41. The van der Waals surface area contributed by atoms with Crippen LogP contribution in [0.25, 0.3) is 0 Å². The van der Waals surface area contributed by atoms with Crippen LogP contribution in [0.1, 0.15) is 19.8 Å². The number of nitrogens with zero attached hydrogens (tertiary/aromatic N) is 2.